The van der Waals surface area contributed by atoms with Crippen LogP contribution >= 0.6 is 27.7 Å². The molecule has 0 aliphatic carbocycles. The van der Waals surface area contributed by atoms with E-state index in [0.717, 1.165) is 21.6 Å². The Balaban J connectivity index is 1.67. The number of hydrogen-bond donors (Lipinski definition) is 2. The summed E-state index contributed by atoms with van der Waals surface area (Å²) in [5, 5.41) is 11.5. The Morgan fingerprint density at radius 1 is 1.20 bits per heavy atom. The molecule has 0 radical (unpaired) electrons. The summed E-state index contributed by atoms with van der Waals surface area (Å²) in [6.07, 6.45) is 0. The maximum absolute atomic E-state index is 13.3. The Labute approximate surface area is 186 Å². The first-order valence-corrected chi connectivity index (χ1v) is 10.8. The van der Waals surface area contributed by atoms with Crippen LogP contribution < -0.4 is 20.2 Å². The number of amides is 1. The summed E-state index contributed by atoms with van der Waals surface area (Å²) in [7, 11) is 3.21. The number of nitrogens with one attached hydrogen (secondary N) is 2. The predicted octanol–water partition coefficient (Wildman–Crippen LogP) is 3.76. The number of carbonyl (C=O) groups is 1. The monoisotopic (exact) mass is 489 g/mol. The van der Waals surface area contributed by atoms with E-state index in [4.69, 9.17) is 9.47 Å². The summed E-state index contributed by atoms with van der Waals surface area (Å²) in [6.45, 7) is 1.86. The Kier molecular flexibility index (Phi) is 5.87. The zero-order chi connectivity index (χ0) is 21.3. The van der Waals surface area contributed by atoms with E-state index < -0.39 is 5.25 Å². The number of thioether (sulfide) groups is 1. The topological polar surface area (TPSA) is 90.3 Å². The van der Waals surface area contributed by atoms with Gasteiger partial charge in [-0.15, -0.1) is 10.2 Å². The first-order chi connectivity index (χ1) is 14.5. The lowest BCUT2D eigenvalue weighted by Gasteiger charge is -2.33. The van der Waals surface area contributed by atoms with Gasteiger partial charge in [0.15, 0.2) is 0 Å². The van der Waals surface area contributed by atoms with Gasteiger partial charge in [0.2, 0.25) is 11.1 Å². The molecule has 156 valence electrons. The minimum Gasteiger partial charge on any atom is -0.497 e. The summed E-state index contributed by atoms with van der Waals surface area (Å²) in [5.74, 6) is 1.97. The lowest BCUT2D eigenvalue weighted by Crippen LogP contribution is -2.41. The summed E-state index contributed by atoms with van der Waals surface area (Å²) >= 11 is 4.90. The van der Waals surface area contributed by atoms with Gasteiger partial charge in [0, 0.05) is 11.8 Å². The molecule has 2 atom stereocenters. The smallest absolute Gasteiger partial charge is 0.240 e. The number of benzene rings is 2. The van der Waals surface area contributed by atoms with Gasteiger partial charge in [0.05, 0.1) is 24.7 Å². The molecule has 30 heavy (non-hydrogen) atoms. The molecule has 0 fully saturated rings. The molecule has 2 N–H and O–H groups in total. The molecule has 1 amide bonds. The van der Waals surface area contributed by atoms with Gasteiger partial charge in [0.25, 0.3) is 0 Å². The molecule has 8 nitrogen and oxygen atoms in total. The zero-order valence-corrected chi connectivity index (χ0v) is 19.0. The van der Waals surface area contributed by atoms with Crippen LogP contribution in [-0.4, -0.2) is 40.3 Å². The van der Waals surface area contributed by atoms with Gasteiger partial charge < -0.3 is 20.2 Å². The highest BCUT2D eigenvalue weighted by molar-refractivity contribution is 9.10. The van der Waals surface area contributed by atoms with Gasteiger partial charge in [-0.25, -0.2) is 4.68 Å². The lowest BCUT2D eigenvalue weighted by molar-refractivity contribution is -0.116. The number of carbonyl (C=O) groups excluding carboxylic acids is 1. The van der Waals surface area contributed by atoms with Crippen LogP contribution in [0.4, 0.5) is 5.69 Å². The van der Waals surface area contributed by atoms with Crippen molar-refractivity contribution in [1.29, 1.82) is 0 Å². The molecule has 3 aromatic rings. The molecule has 4 rings (SSSR count). The van der Waals surface area contributed by atoms with Gasteiger partial charge in [-0.2, -0.15) is 0 Å². The molecule has 2 heterocycles. The van der Waals surface area contributed by atoms with Gasteiger partial charge >= 0.3 is 0 Å². The first-order valence-electron chi connectivity index (χ1n) is 9.13. The molecule has 0 bridgehead atoms. The van der Waals surface area contributed by atoms with Gasteiger partial charge in [-0.05, 0) is 52.7 Å². The van der Waals surface area contributed by atoms with Gasteiger partial charge in [-0.1, -0.05) is 23.9 Å². The van der Waals surface area contributed by atoms with Crippen molar-refractivity contribution in [2.24, 2.45) is 0 Å². The maximum atomic E-state index is 13.3. The van der Waals surface area contributed by atoms with Gasteiger partial charge in [0.1, 0.15) is 22.6 Å². The summed E-state index contributed by atoms with van der Waals surface area (Å²) in [6, 6.07) is 12.7. The van der Waals surface area contributed by atoms with Crippen molar-refractivity contribution in [3.8, 4) is 11.5 Å². The Morgan fingerprint density at radius 2 is 2.03 bits per heavy atom. The van der Waals surface area contributed by atoms with Crippen LogP contribution in [0.1, 0.15) is 17.4 Å². The van der Waals surface area contributed by atoms with E-state index in [1.807, 2.05) is 48.0 Å². The van der Waals surface area contributed by atoms with Crippen molar-refractivity contribution >= 4 is 39.3 Å². The number of methoxy groups -OCH3 is 2. The van der Waals surface area contributed by atoms with Crippen molar-refractivity contribution in [3.63, 3.8) is 0 Å². The molecule has 0 spiro atoms. The predicted molar refractivity (Wildman–Crippen MR) is 119 cm³/mol. The normalized spacial score (nSPS) is 17.6. The number of halogens is 1. The minimum atomic E-state index is -0.479. The van der Waals surface area contributed by atoms with Crippen LogP contribution in [-0.2, 0) is 4.79 Å². The number of fused-ring (bicyclic) bond motifs is 1. The van der Waals surface area contributed by atoms with E-state index >= 15 is 0 Å². The molecule has 0 saturated heterocycles. The SMILES string of the molecule is COc1cccc(NC(=O)[C@@H]2Sc3nnc(C)n3N[C@H]2c2ccc(OC)c(Br)c2)c1. The highest BCUT2D eigenvalue weighted by atomic mass is 79.9. The average molecular weight is 490 g/mol. The third-order valence-electron chi connectivity index (χ3n) is 4.73. The summed E-state index contributed by atoms with van der Waals surface area (Å²) in [4.78, 5) is 13.3. The second-order valence-electron chi connectivity index (χ2n) is 6.63. The van der Waals surface area contributed by atoms with E-state index in [-0.39, 0.29) is 11.9 Å². The number of ether oxygens (including phenoxy) is 2. The van der Waals surface area contributed by atoms with E-state index in [1.165, 1.54) is 11.8 Å². The zero-order valence-electron chi connectivity index (χ0n) is 16.5. The minimum absolute atomic E-state index is 0.149. The highest BCUT2D eigenvalue weighted by Crippen LogP contribution is 2.39. The second-order valence-corrected chi connectivity index (χ2v) is 8.59. The number of rotatable bonds is 5. The largest absolute Gasteiger partial charge is 0.497 e. The first kappa shape index (κ1) is 20.5. The van der Waals surface area contributed by atoms with Crippen molar-refractivity contribution < 1.29 is 14.3 Å². The third-order valence-corrected chi connectivity index (χ3v) is 6.56. The van der Waals surface area contributed by atoms with Gasteiger partial charge in [-0.3, -0.25) is 4.79 Å². The van der Waals surface area contributed by atoms with Crippen molar-refractivity contribution in [1.82, 2.24) is 14.9 Å². The molecular formula is C20H20BrN5O3S. The summed E-state index contributed by atoms with van der Waals surface area (Å²) < 4.78 is 13.2. The number of aryl methyl sites for hydroxylation is 1. The lowest BCUT2D eigenvalue weighted by atomic mass is 10.0. The average Bonchev–Trinajstić information content (AvgIpc) is 3.12. The summed E-state index contributed by atoms with van der Waals surface area (Å²) in [5.41, 5.74) is 4.98. The number of nitrogens with zero attached hydrogens (tertiary/aromatic N) is 3. The fourth-order valence-electron chi connectivity index (χ4n) is 3.20. The fraction of sp³-hybridized carbons (Fsp3) is 0.250. The van der Waals surface area contributed by atoms with E-state index in [9.17, 15) is 4.79 Å². The molecule has 1 aliphatic rings. The molecule has 0 saturated carbocycles. The van der Waals surface area contributed by atoms with E-state index in [1.54, 1.807) is 20.3 Å². The second kappa shape index (κ2) is 8.57. The van der Waals surface area contributed by atoms with Crippen LogP contribution in [0, 0.1) is 6.92 Å². The van der Waals surface area contributed by atoms with Crippen LogP contribution in [0.15, 0.2) is 52.1 Å². The van der Waals surface area contributed by atoms with Crippen molar-refractivity contribution in [2.45, 2.75) is 23.4 Å². The molecular weight excluding hydrogens is 470 g/mol. The Bertz CT molecular complexity index is 1090. The maximum Gasteiger partial charge on any atom is 0.240 e. The highest BCUT2D eigenvalue weighted by Gasteiger charge is 2.37. The molecule has 1 aromatic heterocycles. The van der Waals surface area contributed by atoms with Crippen LogP contribution in [0.25, 0.3) is 0 Å². The fourth-order valence-corrected chi connectivity index (χ4v) is 4.88. The number of hydrogen-bond acceptors (Lipinski definition) is 7. The number of anilines is 1. The Morgan fingerprint density at radius 3 is 2.77 bits per heavy atom. The van der Waals surface area contributed by atoms with Crippen LogP contribution in [0.3, 0.4) is 0 Å². The van der Waals surface area contributed by atoms with E-state index in [2.05, 4.69) is 36.9 Å². The Hall–Kier alpha value is -2.72. The van der Waals surface area contributed by atoms with Crippen LogP contribution in [0.5, 0.6) is 11.5 Å². The standard InChI is InChI=1S/C20H20BrN5O3S/c1-11-23-24-20-26(11)25-17(12-7-8-16(29-3)15(21)9-12)18(30-20)19(27)22-13-5-4-6-14(10-13)28-2/h4-10,17-18,25H,1-3H3,(H,22,27)/t17-,18+/m0/s1. The van der Waals surface area contributed by atoms with Crippen molar-refractivity contribution in [3.05, 3.63) is 58.3 Å². The van der Waals surface area contributed by atoms with E-state index in [0.29, 0.717) is 16.6 Å². The molecule has 2 aromatic carbocycles. The molecule has 0 unspecified atom stereocenters. The van der Waals surface area contributed by atoms with Crippen molar-refractivity contribution in [2.75, 3.05) is 25.0 Å². The quantitative estimate of drug-likeness (QED) is 0.563. The molecule has 1 aliphatic heterocycles. The third kappa shape index (κ3) is 3.97. The molecule has 10 heteroatoms. The number of aromatic nitrogens is 3. The van der Waals surface area contributed by atoms with Crippen LogP contribution in [0.2, 0.25) is 0 Å².